The molecule has 0 radical (unpaired) electrons. The molecular formula is C43H31N. The summed E-state index contributed by atoms with van der Waals surface area (Å²) in [5.41, 5.74) is 13.9. The van der Waals surface area contributed by atoms with E-state index in [4.69, 9.17) is 4.98 Å². The van der Waals surface area contributed by atoms with Crippen LogP contribution in [0.25, 0.3) is 76.7 Å². The van der Waals surface area contributed by atoms with Gasteiger partial charge < -0.3 is 0 Å². The fourth-order valence-corrected chi connectivity index (χ4v) is 7.92. The number of benzene rings is 7. The Morgan fingerprint density at radius 1 is 0.409 bits per heavy atom. The van der Waals surface area contributed by atoms with Gasteiger partial charge in [-0.2, -0.15) is 0 Å². The second-order valence-electron chi connectivity index (χ2n) is 12.8. The number of hydrogen-bond acceptors (Lipinski definition) is 1. The zero-order valence-corrected chi connectivity index (χ0v) is 25.1. The van der Waals surface area contributed by atoms with Gasteiger partial charge in [0.05, 0.1) is 11.0 Å². The fraction of sp³-hybridized carbons (Fsp3) is 0.0930. The van der Waals surface area contributed by atoms with Gasteiger partial charge in [0.25, 0.3) is 0 Å². The van der Waals surface area contributed by atoms with Crippen molar-refractivity contribution >= 4 is 43.4 Å². The van der Waals surface area contributed by atoms with Crippen LogP contribution in [-0.2, 0) is 5.41 Å². The van der Waals surface area contributed by atoms with Gasteiger partial charge in [0, 0.05) is 21.8 Å². The third kappa shape index (κ3) is 3.38. The number of aryl methyl sites for hydroxylation is 1. The van der Waals surface area contributed by atoms with Crippen LogP contribution in [0.5, 0.6) is 0 Å². The summed E-state index contributed by atoms with van der Waals surface area (Å²) in [5.74, 6) is 0. The normalized spacial score (nSPS) is 13.5. The number of rotatable bonds is 2. The van der Waals surface area contributed by atoms with Gasteiger partial charge >= 0.3 is 0 Å². The first kappa shape index (κ1) is 25.2. The number of nitrogens with zero attached hydrogens (tertiary/aromatic N) is 1. The van der Waals surface area contributed by atoms with Crippen molar-refractivity contribution < 1.29 is 0 Å². The van der Waals surface area contributed by atoms with Crippen molar-refractivity contribution in [3.63, 3.8) is 0 Å². The van der Waals surface area contributed by atoms with Crippen LogP contribution in [0.4, 0.5) is 0 Å². The van der Waals surface area contributed by atoms with Gasteiger partial charge in [0.2, 0.25) is 0 Å². The smallest absolute Gasteiger partial charge is 0.0715 e. The molecule has 1 nitrogen and oxygen atoms in total. The molecule has 1 aliphatic rings. The first-order valence-electron chi connectivity index (χ1n) is 15.5. The summed E-state index contributed by atoms with van der Waals surface area (Å²) in [7, 11) is 0. The Morgan fingerprint density at radius 3 is 1.66 bits per heavy atom. The van der Waals surface area contributed by atoms with E-state index in [1.165, 1.54) is 82.4 Å². The average molecular weight is 562 g/mol. The predicted octanol–water partition coefficient (Wildman–Crippen LogP) is 11.6. The van der Waals surface area contributed by atoms with Gasteiger partial charge in [-0.15, -0.1) is 0 Å². The van der Waals surface area contributed by atoms with E-state index in [0.717, 1.165) is 11.0 Å². The van der Waals surface area contributed by atoms with Crippen molar-refractivity contribution in [2.24, 2.45) is 0 Å². The highest BCUT2D eigenvalue weighted by Gasteiger charge is 2.37. The molecule has 0 atom stereocenters. The quantitative estimate of drug-likeness (QED) is 0.191. The van der Waals surface area contributed by atoms with Crippen LogP contribution in [0.15, 0.2) is 133 Å². The summed E-state index contributed by atoms with van der Waals surface area (Å²) in [6.45, 7) is 6.94. The average Bonchev–Trinajstić information content (AvgIpc) is 3.29. The minimum absolute atomic E-state index is 0.0573. The molecule has 1 heteroatoms. The molecule has 0 amide bonds. The van der Waals surface area contributed by atoms with E-state index >= 15 is 0 Å². The van der Waals surface area contributed by atoms with E-state index in [2.05, 4.69) is 154 Å². The Morgan fingerprint density at radius 2 is 0.932 bits per heavy atom. The van der Waals surface area contributed by atoms with Gasteiger partial charge in [-0.25, -0.2) is 4.98 Å². The highest BCUT2D eigenvalue weighted by molar-refractivity contribution is 6.27. The molecule has 0 saturated heterocycles. The summed E-state index contributed by atoms with van der Waals surface area (Å²) < 4.78 is 0. The SMILES string of the molecule is Cc1ccc2c(-c3c4ccccc4nc4ccccc34)c3ccccc3c(-c3cccc4c3-c3ccccc3C4(C)C)c2c1. The summed E-state index contributed by atoms with van der Waals surface area (Å²) in [4.78, 5) is 5.08. The largest absolute Gasteiger partial charge is 0.248 e. The fourth-order valence-electron chi connectivity index (χ4n) is 7.92. The molecular weight excluding hydrogens is 530 g/mol. The van der Waals surface area contributed by atoms with Crippen LogP contribution >= 0.6 is 0 Å². The van der Waals surface area contributed by atoms with Crippen LogP contribution in [0.2, 0.25) is 0 Å². The summed E-state index contributed by atoms with van der Waals surface area (Å²) in [5, 5.41) is 7.47. The van der Waals surface area contributed by atoms with Crippen molar-refractivity contribution in [3.05, 3.63) is 150 Å². The predicted molar refractivity (Wildman–Crippen MR) is 187 cm³/mol. The van der Waals surface area contributed by atoms with Crippen LogP contribution in [0.3, 0.4) is 0 Å². The first-order valence-corrected chi connectivity index (χ1v) is 15.5. The molecule has 0 unspecified atom stereocenters. The molecule has 44 heavy (non-hydrogen) atoms. The van der Waals surface area contributed by atoms with Crippen LogP contribution in [0.1, 0.15) is 30.5 Å². The number of pyridine rings is 1. The molecule has 0 N–H and O–H groups in total. The topological polar surface area (TPSA) is 12.9 Å². The molecule has 0 fully saturated rings. The molecule has 1 aliphatic carbocycles. The Kier molecular flexibility index (Phi) is 5.23. The molecule has 0 spiro atoms. The summed E-state index contributed by atoms with van der Waals surface area (Å²) >= 11 is 0. The van der Waals surface area contributed by atoms with Gasteiger partial charge in [0.1, 0.15) is 0 Å². The maximum absolute atomic E-state index is 5.08. The molecule has 1 heterocycles. The Labute approximate surface area is 257 Å². The van der Waals surface area contributed by atoms with E-state index in [1.807, 2.05) is 0 Å². The van der Waals surface area contributed by atoms with Gasteiger partial charge in [0.15, 0.2) is 0 Å². The number of para-hydroxylation sites is 2. The Balaban J connectivity index is 1.50. The zero-order chi connectivity index (χ0) is 29.6. The number of fused-ring (bicyclic) bond motifs is 7. The highest BCUT2D eigenvalue weighted by atomic mass is 14.7. The molecule has 208 valence electrons. The van der Waals surface area contributed by atoms with E-state index in [9.17, 15) is 0 Å². The molecule has 8 aromatic rings. The minimum Gasteiger partial charge on any atom is -0.248 e. The lowest BCUT2D eigenvalue weighted by Gasteiger charge is -2.23. The first-order chi connectivity index (χ1) is 21.5. The molecule has 0 saturated carbocycles. The molecule has 9 rings (SSSR count). The van der Waals surface area contributed by atoms with Crippen LogP contribution in [0, 0.1) is 6.92 Å². The maximum atomic E-state index is 5.08. The van der Waals surface area contributed by atoms with Crippen molar-refractivity contribution in [1.29, 1.82) is 0 Å². The highest BCUT2D eigenvalue weighted by Crippen LogP contribution is 2.55. The lowest BCUT2D eigenvalue weighted by Crippen LogP contribution is -2.14. The van der Waals surface area contributed by atoms with Crippen molar-refractivity contribution in [3.8, 4) is 33.4 Å². The third-order valence-electron chi connectivity index (χ3n) is 9.89. The lowest BCUT2D eigenvalue weighted by molar-refractivity contribution is 0.660. The molecule has 0 bridgehead atoms. The van der Waals surface area contributed by atoms with Gasteiger partial charge in [-0.3, -0.25) is 0 Å². The van der Waals surface area contributed by atoms with Crippen molar-refractivity contribution in [2.45, 2.75) is 26.2 Å². The molecule has 7 aromatic carbocycles. The van der Waals surface area contributed by atoms with E-state index < -0.39 is 0 Å². The van der Waals surface area contributed by atoms with Crippen LogP contribution < -0.4 is 0 Å². The van der Waals surface area contributed by atoms with Crippen molar-refractivity contribution in [1.82, 2.24) is 4.98 Å². The van der Waals surface area contributed by atoms with Crippen LogP contribution in [-0.4, -0.2) is 4.98 Å². The maximum Gasteiger partial charge on any atom is 0.0715 e. The number of aromatic nitrogens is 1. The Hall–Kier alpha value is -5.27. The third-order valence-corrected chi connectivity index (χ3v) is 9.89. The molecule has 1 aromatic heterocycles. The van der Waals surface area contributed by atoms with E-state index in [0.29, 0.717) is 0 Å². The summed E-state index contributed by atoms with van der Waals surface area (Å²) in [6.07, 6.45) is 0. The van der Waals surface area contributed by atoms with Gasteiger partial charge in [-0.05, 0) is 79.5 Å². The Bertz CT molecular complexity index is 2430. The number of hydrogen-bond donors (Lipinski definition) is 0. The zero-order valence-electron chi connectivity index (χ0n) is 25.1. The van der Waals surface area contributed by atoms with Gasteiger partial charge in [-0.1, -0.05) is 141 Å². The second kappa shape index (κ2) is 9.11. The molecule has 0 aliphatic heterocycles. The van der Waals surface area contributed by atoms with E-state index in [1.54, 1.807) is 0 Å². The van der Waals surface area contributed by atoms with Crippen molar-refractivity contribution in [2.75, 3.05) is 0 Å². The second-order valence-corrected chi connectivity index (χ2v) is 12.8. The lowest BCUT2D eigenvalue weighted by atomic mass is 9.80. The minimum atomic E-state index is -0.0573. The summed E-state index contributed by atoms with van der Waals surface area (Å²) in [6, 6.07) is 49.2. The monoisotopic (exact) mass is 561 g/mol. The standard InChI is InChI=1S/C43H31N/c1-26-23-24-29-34(25-26)39(33-18-12-20-36-40(33)30-15-6-9-19-35(30)43(36,2)3)27-13-4-5-14-28(27)41(29)42-31-16-7-10-21-37(31)44-38-22-11-8-17-32(38)42/h4-25H,1-3H3. The van der Waals surface area contributed by atoms with E-state index in [-0.39, 0.29) is 5.41 Å².